The van der Waals surface area contributed by atoms with Crippen molar-refractivity contribution in [2.45, 2.75) is 6.92 Å². The van der Waals surface area contributed by atoms with Crippen LogP contribution in [0.1, 0.15) is 11.1 Å². The van der Waals surface area contributed by atoms with Crippen molar-refractivity contribution in [2.75, 3.05) is 5.32 Å². The summed E-state index contributed by atoms with van der Waals surface area (Å²) in [6.07, 6.45) is 0. The van der Waals surface area contributed by atoms with E-state index in [2.05, 4.69) is 10.3 Å². The second kappa shape index (κ2) is 4.93. The molecule has 0 atom stereocenters. The van der Waals surface area contributed by atoms with Crippen LogP contribution in [-0.4, -0.2) is 11.6 Å². The van der Waals surface area contributed by atoms with Gasteiger partial charge < -0.3 is 5.32 Å². The number of aliphatic imine (C=N–C) groups is 1. The highest BCUT2D eigenvalue weighted by Crippen LogP contribution is 2.34. The van der Waals surface area contributed by atoms with Gasteiger partial charge in [-0.15, -0.1) is 0 Å². The lowest BCUT2D eigenvalue weighted by Crippen LogP contribution is -2.14. The number of carbonyl (C=O) groups excluding carboxylic acids is 1. The van der Waals surface area contributed by atoms with Gasteiger partial charge in [0.05, 0.1) is 16.4 Å². The van der Waals surface area contributed by atoms with Crippen LogP contribution >= 0.6 is 23.2 Å². The summed E-state index contributed by atoms with van der Waals surface area (Å²) >= 11 is 12.1. The van der Waals surface area contributed by atoms with Crippen molar-refractivity contribution in [1.82, 2.24) is 0 Å². The molecule has 3 rings (SSSR count). The molecule has 0 unspecified atom stereocenters. The van der Waals surface area contributed by atoms with Gasteiger partial charge in [0.1, 0.15) is 5.71 Å². The Hall–Kier alpha value is -1.84. The minimum absolute atomic E-state index is 0.254. The van der Waals surface area contributed by atoms with E-state index in [9.17, 15) is 4.79 Å². The summed E-state index contributed by atoms with van der Waals surface area (Å²) in [6, 6.07) is 10.7. The first-order valence-electron chi connectivity index (χ1n) is 6.01. The Balaban J connectivity index is 2.18. The number of hydrogen-bond acceptors (Lipinski definition) is 2. The number of halogens is 2. The smallest absolute Gasteiger partial charge is 0.275 e. The van der Waals surface area contributed by atoms with Crippen molar-refractivity contribution < 1.29 is 4.79 Å². The number of carbonyl (C=O) groups is 1. The van der Waals surface area contributed by atoms with E-state index in [1.807, 2.05) is 13.0 Å². The first-order valence-corrected chi connectivity index (χ1v) is 6.77. The van der Waals surface area contributed by atoms with E-state index in [0.29, 0.717) is 27.0 Å². The van der Waals surface area contributed by atoms with Crippen LogP contribution in [0.2, 0.25) is 10.0 Å². The summed E-state index contributed by atoms with van der Waals surface area (Å²) in [5.74, 6) is -0.254. The molecule has 0 saturated carbocycles. The lowest BCUT2D eigenvalue weighted by molar-refractivity contribution is -0.110. The predicted octanol–water partition coefficient (Wildman–Crippen LogP) is 4.37. The van der Waals surface area contributed by atoms with E-state index in [0.717, 1.165) is 11.3 Å². The molecule has 0 saturated heterocycles. The number of hydrogen-bond donors (Lipinski definition) is 1. The normalized spacial score (nSPS) is 15.3. The molecule has 1 aliphatic rings. The number of benzene rings is 2. The number of fused-ring (bicyclic) bond motifs is 1. The fourth-order valence-corrected chi connectivity index (χ4v) is 2.57. The molecule has 20 heavy (non-hydrogen) atoms. The highest BCUT2D eigenvalue weighted by molar-refractivity contribution is 6.57. The van der Waals surface area contributed by atoms with E-state index < -0.39 is 0 Å². The molecule has 0 radical (unpaired) electrons. The number of anilines is 1. The quantitative estimate of drug-likeness (QED) is 0.835. The molecule has 0 fully saturated rings. The Morgan fingerprint density at radius 3 is 2.70 bits per heavy atom. The molecule has 2 aromatic rings. The van der Waals surface area contributed by atoms with E-state index in [4.69, 9.17) is 23.2 Å². The molecule has 0 bridgehead atoms. The Bertz CT molecular complexity index is 754. The molecule has 1 N–H and O–H groups in total. The first kappa shape index (κ1) is 13.2. The van der Waals surface area contributed by atoms with E-state index in [-0.39, 0.29) is 5.91 Å². The number of aryl methyl sites for hydroxylation is 1. The standard InChI is InChI=1S/C15H10Cl2N2O/c1-8-5-6-11(17)12-13(8)19-15(20)14(12)18-10-4-2-3-9(16)7-10/h2-7H,1H3,(H,18,19,20). The summed E-state index contributed by atoms with van der Waals surface area (Å²) in [7, 11) is 0. The Labute approximate surface area is 126 Å². The molecule has 5 heteroatoms. The van der Waals surface area contributed by atoms with Gasteiger partial charge in [-0.2, -0.15) is 0 Å². The van der Waals surface area contributed by atoms with Gasteiger partial charge in [-0.1, -0.05) is 35.3 Å². The van der Waals surface area contributed by atoms with Gasteiger partial charge >= 0.3 is 0 Å². The van der Waals surface area contributed by atoms with Crippen LogP contribution in [0.15, 0.2) is 41.4 Å². The molecular weight excluding hydrogens is 295 g/mol. The minimum Gasteiger partial charge on any atom is -0.320 e. The zero-order chi connectivity index (χ0) is 14.3. The maximum Gasteiger partial charge on any atom is 0.275 e. The summed E-state index contributed by atoms with van der Waals surface area (Å²) in [4.78, 5) is 16.5. The van der Waals surface area contributed by atoms with Gasteiger partial charge in [-0.3, -0.25) is 4.79 Å². The number of nitrogens with zero attached hydrogens (tertiary/aromatic N) is 1. The maximum absolute atomic E-state index is 12.1. The fraction of sp³-hybridized carbons (Fsp3) is 0.0667. The predicted molar refractivity (Wildman–Crippen MR) is 82.5 cm³/mol. The van der Waals surface area contributed by atoms with E-state index in [1.165, 1.54) is 0 Å². The highest BCUT2D eigenvalue weighted by atomic mass is 35.5. The molecule has 100 valence electrons. The molecule has 0 aromatic heterocycles. The van der Waals surface area contributed by atoms with Crippen LogP contribution < -0.4 is 5.32 Å². The van der Waals surface area contributed by atoms with Gasteiger partial charge in [-0.25, -0.2) is 4.99 Å². The van der Waals surface area contributed by atoms with Crippen molar-refractivity contribution in [2.24, 2.45) is 4.99 Å². The largest absolute Gasteiger partial charge is 0.320 e. The maximum atomic E-state index is 12.1. The van der Waals surface area contributed by atoms with Crippen molar-refractivity contribution in [3.05, 3.63) is 57.6 Å². The Morgan fingerprint density at radius 1 is 1.15 bits per heavy atom. The molecule has 0 aliphatic carbocycles. The van der Waals surface area contributed by atoms with E-state index in [1.54, 1.807) is 30.3 Å². The average molecular weight is 305 g/mol. The lowest BCUT2D eigenvalue weighted by Gasteiger charge is -2.04. The topological polar surface area (TPSA) is 41.5 Å². The summed E-state index contributed by atoms with van der Waals surface area (Å²) in [5.41, 5.74) is 3.26. The highest BCUT2D eigenvalue weighted by Gasteiger charge is 2.29. The third-order valence-corrected chi connectivity index (χ3v) is 3.65. The molecule has 1 aliphatic heterocycles. The van der Waals surface area contributed by atoms with Crippen molar-refractivity contribution in [3.8, 4) is 0 Å². The van der Waals surface area contributed by atoms with Gasteiger partial charge in [-0.05, 0) is 36.8 Å². The molecule has 2 aromatic carbocycles. The van der Waals surface area contributed by atoms with Crippen molar-refractivity contribution in [3.63, 3.8) is 0 Å². The van der Waals surface area contributed by atoms with Gasteiger partial charge in [0, 0.05) is 10.6 Å². The van der Waals surface area contributed by atoms with Crippen LogP contribution in [0.3, 0.4) is 0 Å². The Morgan fingerprint density at radius 2 is 1.95 bits per heavy atom. The fourth-order valence-electron chi connectivity index (χ4n) is 2.14. The van der Waals surface area contributed by atoms with Crippen molar-refractivity contribution in [1.29, 1.82) is 0 Å². The average Bonchev–Trinajstić information content (AvgIpc) is 2.73. The summed E-state index contributed by atoms with van der Waals surface area (Å²) in [5, 5.41) is 3.88. The molecule has 1 heterocycles. The number of rotatable bonds is 1. The zero-order valence-corrected chi connectivity index (χ0v) is 12.1. The van der Waals surface area contributed by atoms with Crippen LogP contribution in [0.25, 0.3) is 0 Å². The summed E-state index contributed by atoms with van der Waals surface area (Å²) < 4.78 is 0. The monoisotopic (exact) mass is 304 g/mol. The molecule has 0 spiro atoms. The van der Waals surface area contributed by atoms with Gasteiger partial charge in [0.15, 0.2) is 0 Å². The van der Waals surface area contributed by atoms with Gasteiger partial charge in [0.2, 0.25) is 0 Å². The minimum atomic E-state index is -0.254. The molecule has 1 amide bonds. The first-order chi connectivity index (χ1) is 9.56. The van der Waals surface area contributed by atoms with E-state index >= 15 is 0 Å². The third-order valence-electron chi connectivity index (χ3n) is 3.10. The second-order valence-electron chi connectivity index (χ2n) is 4.51. The number of amides is 1. The molecule has 3 nitrogen and oxygen atoms in total. The van der Waals surface area contributed by atoms with Crippen LogP contribution in [-0.2, 0) is 4.79 Å². The van der Waals surface area contributed by atoms with Crippen LogP contribution in [0, 0.1) is 6.92 Å². The number of nitrogens with one attached hydrogen (secondary N) is 1. The SMILES string of the molecule is Cc1ccc(Cl)c2c1NC(=O)C2=Nc1cccc(Cl)c1. The lowest BCUT2D eigenvalue weighted by atomic mass is 10.1. The zero-order valence-electron chi connectivity index (χ0n) is 10.6. The van der Waals surface area contributed by atoms with Gasteiger partial charge in [0.25, 0.3) is 5.91 Å². The second-order valence-corrected chi connectivity index (χ2v) is 5.35. The van der Waals surface area contributed by atoms with Crippen LogP contribution in [0.4, 0.5) is 11.4 Å². The van der Waals surface area contributed by atoms with Crippen LogP contribution in [0.5, 0.6) is 0 Å². The third kappa shape index (κ3) is 2.19. The van der Waals surface area contributed by atoms with Crippen molar-refractivity contribution >= 4 is 46.2 Å². The summed E-state index contributed by atoms with van der Waals surface area (Å²) in [6.45, 7) is 1.91. The molecular formula is C15H10Cl2N2O. The Kier molecular flexibility index (Phi) is 3.24.